The van der Waals surface area contributed by atoms with Gasteiger partial charge in [-0.3, -0.25) is 0 Å². The molecule has 0 saturated heterocycles. The second-order valence-electron chi connectivity index (χ2n) is 13.5. The number of fused-ring (bicyclic) bond motifs is 2. The third-order valence-electron chi connectivity index (χ3n) is 9.12. The summed E-state index contributed by atoms with van der Waals surface area (Å²) >= 11 is 1.36. The van der Waals surface area contributed by atoms with Gasteiger partial charge in [0, 0.05) is 0 Å². The fourth-order valence-electron chi connectivity index (χ4n) is 5.97. The molecule has 0 aliphatic carbocycles. The number of benzene rings is 4. The van der Waals surface area contributed by atoms with Crippen LogP contribution in [0.15, 0.2) is 109 Å². The summed E-state index contributed by atoms with van der Waals surface area (Å²) < 4.78 is 0. The molecule has 0 nitrogen and oxygen atoms in total. The van der Waals surface area contributed by atoms with Crippen LogP contribution in [0.4, 0.5) is 0 Å². The van der Waals surface area contributed by atoms with E-state index in [4.69, 9.17) is 0 Å². The van der Waals surface area contributed by atoms with E-state index in [2.05, 4.69) is 171 Å². The molecule has 0 bridgehead atoms. The van der Waals surface area contributed by atoms with Crippen LogP contribution in [0.2, 0.25) is 0 Å². The second kappa shape index (κ2) is 21.2. The summed E-state index contributed by atoms with van der Waals surface area (Å²) in [6.45, 7) is 21.1. The van der Waals surface area contributed by atoms with Gasteiger partial charge in [-0.15, -0.1) is 93.9 Å². The Bertz CT molecular complexity index is 1820. The molecule has 0 N–H and O–H groups in total. The van der Waals surface area contributed by atoms with Crippen molar-refractivity contribution < 1.29 is 23.3 Å². The van der Waals surface area contributed by atoms with Gasteiger partial charge >= 0.3 is 30.2 Å². The number of hydrogen-bond acceptors (Lipinski definition) is 0. The average Bonchev–Trinajstić information content (AvgIpc) is 3.70. The van der Waals surface area contributed by atoms with Gasteiger partial charge in [-0.05, 0) is 52.3 Å². The van der Waals surface area contributed by atoms with Gasteiger partial charge in [0.25, 0.3) is 0 Å². The van der Waals surface area contributed by atoms with E-state index >= 15 is 0 Å². The van der Waals surface area contributed by atoms with Crippen molar-refractivity contribution in [2.24, 2.45) is 0 Å². The number of rotatable bonds is 6. The number of aryl methyl sites for hydroxylation is 1. The Labute approximate surface area is 328 Å². The van der Waals surface area contributed by atoms with Crippen molar-refractivity contribution >= 4 is 53.2 Å². The van der Waals surface area contributed by atoms with Gasteiger partial charge in [-0.25, -0.2) is 0 Å². The van der Waals surface area contributed by atoms with Crippen LogP contribution in [0.25, 0.3) is 43.8 Å². The van der Waals surface area contributed by atoms with Crippen LogP contribution >= 0.6 is 24.8 Å². The van der Waals surface area contributed by atoms with E-state index in [1.165, 1.54) is 95.8 Å². The Morgan fingerprint density at radius 2 is 1.12 bits per heavy atom. The van der Waals surface area contributed by atoms with Crippen LogP contribution in [-0.4, -0.2) is 6.88 Å². The molecule has 6 aromatic carbocycles. The Morgan fingerprint density at radius 1 is 0.653 bits per heavy atom. The maximum absolute atomic E-state index is 3.06. The van der Waals surface area contributed by atoms with Gasteiger partial charge in [0.15, 0.2) is 0 Å². The molecule has 2 radical (unpaired) electrons. The van der Waals surface area contributed by atoms with Crippen molar-refractivity contribution in [1.82, 2.24) is 0 Å². The standard InChI is InChI=1S/C22H25.C21H23.2CH3.2ClH.Si.Zr/c1-15(2)18-13-17-7-6-8-20(21(17)14-18)16-9-11-19(12-10-16)22(3,4)5;1-4-15(3)17-9-11-18(12-10-17)20-8-6-7-19-13-16(5-2)14-21(19)20;;;;;;/h6-15H,1-5H3;6-15H,4-5H2,1-3H3;2*1H3;2*1H;;/q4*-1;;;;. The quantitative estimate of drug-likeness (QED) is 0.117. The molecule has 0 amide bonds. The summed E-state index contributed by atoms with van der Waals surface area (Å²) in [5, 5.41) is 5.46. The molecule has 6 aromatic rings. The maximum atomic E-state index is 3.06. The fourth-order valence-corrected chi connectivity index (χ4v) is 5.97. The second-order valence-corrected chi connectivity index (χ2v) is 13.5. The minimum atomic E-state index is 0. The van der Waals surface area contributed by atoms with Crippen molar-refractivity contribution in [3.63, 3.8) is 0 Å². The van der Waals surface area contributed by atoms with E-state index in [0.717, 1.165) is 6.42 Å². The molecule has 262 valence electrons. The van der Waals surface area contributed by atoms with Gasteiger partial charge in [-0.1, -0.05) is 127 Å². The molecule has 6 rings (SSSR count). The van der Waals surface area contributed by atoms with Crippen LogP contribution in [0.1, 0.15) is 95.9 Å². The third kappa shape index (κ3) is 11.4. The fraction of sp³-hybridized carbons (Fsp3) is 0.289. The molecule has 0 saturated carbocycles. The van der Waals surface area contributed by atoms with Crippen molar-refractivity contribution in [1.29, 1.82) is 0 Å². The van der Waals surface area contributed by atoms with Gasteiger partial charge in [0.2, 0.25) is 0 Å². The van der Waals surface area contributed by atoms with E-state index in [0.29, 0.717) is 11.8 Å². The number of halogens is 2. The van der Waals surface area contributed by atoms with Gasteiger partial charge in [0.05, 0.1) is 0 Å². The van der Waals surface area contributed by atoms with Crippen molar-refractivity contribution in [2.75, 3.05) is 0 Å². The molecule has 49 heavy (non-hydrogen) atoms. The summed E-state index contributed by atoms with van der Waals surface area (Å²) in [5.41, 5.74) is 11.2. The first-order valence-electron chi connectivity index (χ1n) is 16.4. The predicted molar refractivity (Wildman–Crippen MR) is 224 cm³/mol. The van der Waals surface area contributed by atoms with Crippen LogP contribution in [-0.2, 0) is 35.2 Å². The average molecular weight is 787 g/mol. The first-order valence-corrected chi connectivity index (χ1v) is 20.6. The molecule has 0 aliphatic heterocycles. The first-order chi connectivity index (χ1) is 21.6. The molecular weight excluding hydrogens is 731 g/mol. The predicted octanol–water partition coefficient (Wildman–Crippen LogP) is 14.3. The zero-order chi connectivity index (χ0) is 32.7. The van der Waals surface area contributed by atoms with Gasteiger partial charge in [-0.2, -0.15) is 12.1 Å². The topological polar surface area (TPSA) is 0 Å². The normalized spacial score (nSPS) is 11.0. The Balaban J connectivity index is 0.000000831. The van der Waals surface area contributed by atoms with Crippen molar-refractivity contribution in [3.8, 4) is 22.3 Å². The minimum absolute atomic E-state index is 0. The molecule has 4 heteroatoms. The van der Waals surface area contributed by atoms with Gasteiger partial charge < -0.3 is 14.9 Å². The molecule has 0 spiro atoms. The molecule has 1 atom stereocenters. The Kier molecular flexibility index (Phi) is 20.3. The summed E-state index contributed by atoms with van der Waals surface area (Å²) in [6.07, 6.45) is 2.29. The number of hydrogen-bond donors (Lipinski definition) is 0. The molecule has 1 unspecified atom stereocenters. The summed E-state index contributed by atoms with van der Waals surface area (Å²) in [7, 11) is 0. The molecule has 0 aromatic heterocycles. The van der Waals surface area contributed by atoms with E-state index in [1.54, 1.807) is 0 Å². The van der Waals surface area contributed by atoms with E-state index < -0.39 is 0 Å². The van der Waals surface area contributed by atoms with Crippen molar-refractivity contribution in [3.05, 3.63) is 146 Å². The van der Waals surface area contributed by atoms with Crippen LogP contribution in [0.5, 0.6) is 0 Å². The molecule has 0 fully saturated rings. The molecule has 0 aliphatic rings. The summed E-state index contributed by atoms with van der Waals surface area (Å²) in [6, 6.07) is 40.7. The Morgan fingerprint density at radius 3 is 1.57 bits per heavy atom. The zero-order valence-corrected chi connectivity index (χ0v) is 36.4. The summed E-state index contributed by atoms with van der Waals surface area (Å²) in [4.78, 5) is 0. The van der Waals surface area contributed by atoms with E-state index in [-0.39, 0.29) is 45.1 Å². The van der Waals surface area contributed by atoms with Crippen molar-refractivity contribution in [2.45, 2.75) is 85.5 Å². The SMILES string of the molecule is CC(C)c1cc2c(-c3ccc(C(C)(C)C)cc3)cccc2[cH-]1.CCc1cc2c(-c3ccc(C(C)CC)cc3)cccc2[cH-]1.Cl.Cl.[CH3-].[CH3-].[Si]=[Zr]. The van der Waals surface area contributed by atoms with Gasteiger partial charge in [0.1, 0.15) is 0 Å². The van der Waals surface area contributed by atoms with Crippen LogP contribution < -0.4 is 0 Å². The van der Waals surface area contributed by atoms with Crippen LogP contribution in [0.3, 0.4) is 0 Å². The monoisotopic (exact) mass is 784 g/mol. The zero-order valence-electron chi connectivity index (χ0n) is 31.3. The summed E-state index contributed by atoms with van der Waals surface area (Å²) in [5.74, 6) is 1.21. The molecular formula is C45H56Cl2SiZr-4. The molecule has 0 heterocycles. The van der Waals surface area contributed by atoms with Crippen LogP contribution in [0, 0.1) is 14.9 Å². The first kappa shape index (κ1) is 46.8. The third-order valence-corrected chi connectivity index (χ3v) is 9.12. The van der Waals surface area contributed by atoms with E-state index in [9.17, 15) is 0 Å². The van der Waals surface area contributed by atoms with E-state index in [1.807, 2.05) is 0 Å². The Hall–Kier alpha value is -2.22.